The maximum Gasteiger partial charge on any atom is 0.264 e. The van der Waals surface area contributed by atoms with Crippen LogP contribution in [0.2, 0.25) is 0 Å². The molecule has 3 rings (SSSR count). The third-order valence-corrected chi connectivity index (χ3v) is 4.31. The average Bonchev–Trinajstić information content (AvgIpc) is 2.83. The van der Waals surface area contributed by atoms with Gasteiger partial charge in [-0.1, -0.05) is 0 Å². The van der Waals surface area contributed by atoms with Crippen molar-refractivity contribution in [2.75, 3.05) is 10.5 Å². The van der Waals surface area contributed by atoms with Crippen LogP contribution in [0.4, 0.5) is 11.4 Å². The van der Waals surface area contributed by atoms with E-state index >= 15 is 0 Å². The molecule has 0 aliphatic carbocycles. The summed E-state index contributed by atoms with van der Waals surface area (Å²) in [7, 11) is -3.68. The van der Waals surface area contributed by atoms with Gasteiger partial charge < -0.3 is 10.7 Å². The molecule has 102 valence electrons. The Kier molecular flexibility index (Phi) is 2.83. The lowest BCUT2D eigenvalue weighted by atomic mass is 10.2. The van der Waals surface area contributed by atoms with Crippen molar-refractivity contribution in [3.63, 3.8) is 0 Å². The van der Waals surface area contributed by atoms with E-state index < -0.39 is 10.0 Å². The number of benzene rings is 1. The highest BCUT2D eigenvalue weighted by molar-refractivity contribution is 7.93. The number of hydrogen-bond acceptors (Lipinski definition) is 4. The number of nitrogens with two attached hydrogens (primary N) is 1. The number of nitrogen functional groups attached to an aromatic ring is 1. The van der Waals surface area contributed by atoms with Gasteiger partial charge in [-0.25, -0.2) is 8.42 Å². The van der Waals surface area contributed by atoms with Crippen LogP contribution < -0.4 is 10.5 Å². The van der Waals surface area contributed by atoms with Gasteiger partial charge in [-0.3, -0.25) is 9.71 Å². The van der Waals surface area contributed by atoms with Crippen LogP contribution in [-0.4, -0.2) is 18.4 Å². The number of rotatable bonds is 3. The summed E-state index contributed by atoms with van der Waals surface area (Å²) in [5.74, 6) is 0. The van der Waals surface area contributed by atoms with Gasteiger partial charge in [0.05, 0.1) is 5.69 Å². The van der Waals surface area contributed by atoms with Crippen LogP contribution in [0.25, 0.3) is 10.9 Å². The summed E-state index contributed by atoms with van der Waals surface area (Å²) < 4.78 is 27.3. The molecule has 0 fully saturated rings. The van der Waals surface area contributed by atoms with Crippen molar-refractivity contribution in [2.24, 2.45) is 0 Å². The van der Waals surface area contributed by atoms with Crippen molar-refractivity contribution in [1.82, 2.24) is 9.97 Å². The number of aromatic nitrogens is 2. The second-order valence-corrected chi connectivity index (χ2v) is 5.95. The molecule has 0 amide bonds. The summed E-state index contributed by atoms with van der Waals surface area (Å²) in [6, 6.07) is 8.26. The Bertz CT molecular complexity index is 856. The number of H-pyrrole nitrogens is 1. The number of hydrogen-bond donors (Lipinski definition) is 3. The molecule has 0 radical (unpaired) electrons. The highest BCUT2D eigenvalue weighted by Crippen LogP contribution is 2.26. The third-order valence-electron chi connectivity index (χ3n) is 2.89. The lowest BCUT2D eigenvalue weighted by Gasteiger charge is -2.06. The topological polar surface area (TPSA) is 101 Å². The molecule has 1 aromatic carbocycles. The zero-order chi connectivity index (χ0) is 14.2. The van der Waals surface area contributed by atoms with Gasteiger partial charge in [-0.05, 0) is 30.3 Å². The van der Waals surface area contributed by atoms with E-state index in [-0.39, 0.29) is 4.90 Å². The number of pyridine rings is 1. The molecule has 4 N–H and O–H groups in total. The predicted molar refractivity (Wildman–Crippen MR) is 77.8 cm³/mol. The summed E-state index contributed by atoms with van der Waals surface area (Å²) in [6.07, 6.45) is 4.49. The lowest BCUT2D eigenvalue weighted by molar-refractivity contribution is 0.602. The third kappa shape index (κ3) is 2.19. The molecule has 0 saturated carbocycles. The molecule has 2 heterocycles. The fraction of sp³-hybridized carbons (Fsp3) is 0. The number of sulfonamides is 1. The zero-order valence-electron chi connectivity index (χ0n) is 10.4. The Balaban J connectivity index is 2.08. The van der Waals surface area contributed by atoms with E-state index in [0.717, 1.165) is 0 Å². The minimum absolute atomic E-state index is 0.164. The molecule has 7 heteroatoms. The van der Waals surface area contributed by atoms with Gasteiger partial charge in [0.2, 0.25) is 0 Å². The molecule has 0 bridgehead atoms. The Morgan fingerprint density at radius 3 is 2.65 bits per heavy atom. The van der Waals surface area contributed by atoms with E-state index in [9.17, 15) is 8.42 Å². The van der Waals surface area contributed by atoms with Gasteiger partial charge >= 0.3 is 0 Å². The van der Waals surface area contributed by atoms with Crippen LogP contribution in [0, 0.1) is 0 Å². The van der Waals surface area contributed by atoms with E-state index in [4.69, 9.17) is 5.73 Å². The number of nitrogens with zero attached hydrogens (tertiary/aromatic N) is 1. The van der Waals surface area contributed by atoms with Gasteiger partial charge in [0.25, 0.3) is 10.0 Å². The van der Waals surface area contributed by atoms with Crippen LogP contribution in [0.15, 0.2) is 53.8 Å². The summed E-state index contributed by atoms with van der Waals surface area (Å²) in [4.78, 5) is 6.93. The largest absolute Gasteiger partial charge is 0.399 e. The van der Waals surface area contributed by atoms with Crippen molar-refractivity contribution in [3.8, 4) is 0 Å². The molecule has 0 atom stereocenters. The van der Waals surface area contributed by atoms with Gasteiger partial charge in [0, 0.05) is 35.2 Å². The summed E-state index contributed by atoms with van der Waals surface area (Å²) in [6.45, 7) is 0. The van der Waals surface area contributed by atoms with Crippen molar-refractivity contribution in [3.05, 3.63) is 48.9 Å². The minimum atomic E-state index is -3.68. The molecule has 2 aromatic heterocycles. The molecule has 20 heavy (non-hydrogen) atoms. The summed E-state index contributed by atoms with van der Waals surface area (Å²) in [5, 5.41) is 0.562. The number of nitrogens with one attached hydrogen (secondary N) is 2. The van der Waals surface area contributed by atoms with Crippen LogP contribution in [0.5, 0.6) is 0 Å². The van der Waals surface area contributed by atoms with Crippen molar-refractivity contribution >= 4 is 32.3 Å². The highest BCUT2D eigenvalue weighted by atomic mass is 32.2. The Labute approximate surface area is 115 Å². The van der Waals surface area contributed by atoms with Gasteiger partial charge in [-0.2, -0.15) is 0 Å². The Morgan fingerprint density at radius 2 is 1.90 bits per heavy atom. The average molecular weight is 288 g/mol. The SMILES string of the molecule is Nc1ccc2[nH]cc(S(=O)(=O)Nc3ccncc3)c2c1. The van der Waals surface area contributed by atoms with Crippen molar-refractivity contribution < 1.29 is 8.42 Å². The van der Waals surface area contributed by atoms with E-state index in [2.05, 4.69) is 14.7 Å². The molecule has 0 aliphatic heterocycles. The molecule has 3 aromatic rings. The number of aromatic amines is 1. The molecule has 0 unspecified atom stereocenters. The van der Waals surface area contributed by atoms with Crippen molar-refractivity contribution in [2.45, 2.75) is 4.90 Å². The molecular formula is C13H12N4O2S. The van der Waals surface area contributed by atoms with E-state index in [1.807, 2.05) is 0 Å². The minimum Gasteiger partial charge on any atom is -0.399 e. The first-order chi connectivity index (χ1) is 9.56. The quantitative estimate of drug-likeness (QED) is 0.641. The van der Waals surface area contributed by atoms with Crippen LogP contribution in [0.1, 0.15) is 0 Å². The fourth-order valence-corrected chi connectivity index (χ4v) is 3.19. The Hall–Kier alpha value is -2.54. The smallest absolute Gasteiger partial charge is 0.264 e. The van der Waals surface area contributed by atoms with Gasteiger partial charge in [-0.15, -0.1) is 0 Å². The predicted octanol–water partition coefficient (Wildman–Crippen LogP) is 1.95. The first-order valence-corrected chi connectivity index (χ1v) is 7.34. The van der Waals surface area contributed by atoms with Gasteiger partial charge in [0.1, 0.15) is 4.90 Å². The second-order valence-electron chi connectivity index (χ2n) is 4.30. The summed E-state index contributed by atoms with van der Waals surface area (Å²) in [5.41, 5.74) is 7.40. The first kappa shape index (κ1) is 12.5. The normalized spacial score (nSPS) is 11.6. The van der Waals surface area contributed by atoms with Crippen molar-refractivity contribution in [1.29, 1.82) is 0 Å². The van der Waals surface area contributed by atoms with Crippen LogP contribution >= 0.6 is 0 Å². The fourth-order valence-electron chi connectivity index (χ4n) is 1.97. The first-order valence-electron chi connectivity index (χ1n) is 5.86. The Morgan fingerprint density at radius 1 is 1.15 bits per heavy atom. The standard InChI is InChI=1S/C13H12N4O2S/c14-9-1-2-12-11(7-9)13(8-16-12)20(18,19)17-10-3-5-15-6-4-10/h1-8,16H,14H2,(H,15,17). The maximum absolute atomic E-state index is 12.4. The lowest BCUT2D eigenvalue weighted by Crippen LogP contribution is -2.12. The van der Waals surface area contributed by atoms with E-state index in [1.54, 1.807) is 30.3 Å². The molecule has 0 aliphatic rings. The van der Waals surface area contributed by atoms with E-state index in [1.165, 1.54) is 18.6 Å². The second kappa shape index (κ2) is 4.53. The monoisotopic (exact) mass is 288 g/mol. The van der Waals surface area contributed by atoms with Crippen LogP contribution in [-0.2, 0) is 10.0 Å². The number of fused-ring (bicyclic) bond motifs is 1. The van der Waals surface area contributed by atoms with E-state index in [0.29, 0.717) is 22.3 Å². The molecule has 0 spiro atoms. The molecule has 6 nitrogen and oxygen atoms in total. The van der Waals surface area contributed by atoms with Gasteiger partial charge in [0.15, 0.2) is 0 Å². The number of anilines is 2. The summed E-state index contributed by atoms with van der Waals surface area (Å²) >= 11 is 0. The molecular weight excluding hydrogens is 276 g/mol. The molecule has 0 saturated heterocycles. The maximum atomic E-state index is 12.4. The highest BCUT2D eigenvalue weighted by Gasteiger charge is 2.19. The zero-order valence-corrected chi connectivity index (χ0v) is 11.2. The van der Waals surface area contributed by atoms with Crippen LogP contribution in [0.3, 0.4) is 0 Å².